The Bertz CT molecular complexity index is 1190. The van der Waals surface area contributed by atoms with Gasteiger partial charge in [-0.15, -0.1) is 0 Å². The van der Waals surface area contributed by atoms with Gasteiger partial charge < -0.3 is 9.14 Å². The smallest absolute Gasteiger partial charge is 0.340 e. The number of carbonyl (C=O) groups is 2. The number of fused-ring (bicyclic) bond motifs is 1. The van der Waals surface area contributed by atoms with E-state index in [0.29, 0.717) is 32.9 Å². The quantitative estimate of drug-likeness (QED) is 0.318. The molecular formula is C24H18ClNO3. The van der Waals surface area contributed by atoms with E-state index in [2.05, 4.69) is 0 Å². The van der Waals surface area contributed by atoms with E-state index in [-0.39, 0.29) is 12.4 Å². The first-order valence-electron chi connectivity index (χ1n) is 9.27. The van der Waals surface area contributed by atoms with Crippen LogP contribution in [0, 0.1) is 0 Å². The maximum atomic E-state index is 13.5. The Labute approximate surface area is 173 Å². The number of ketones is 1. The fraction of sp³-hybridized carbons (Fsp3) is 0.0833. The Morgan fingerprint density at radius 3 is 2.31 bits per heavy atom. The fourth-order valence-corrected chi connectivity index (χ4v) is 3.59. The summed E-state index contributed by atoms with van der Waals surface area (Å²) < 4.78 is 7.09. The Balaban J connectivity index is 2.08. The van der Waals surface area contributed by atoms with Crippen molar-refractivity contribution >= 4 is 28.9 Å². The highest BCUT2D eigenvalue weighted by molar-refractivity contribution is 6.30. The van der Waals surface area contributed by atoms with Gasteiger partial charge in [0, 0.05) is 22.3 Å². The molecule has 29 heavy (non-hydrogen) atoms. The van der Waals surface area contributed by atoms with Crippen LogP contribution in [0.15, 0.2) is 79.0 Å². The maximum Gasteiger partial charge on any atom is 0.340 e. The van der Waals surface area contributed by atoms with E-state index in [0.717, 1.165) is 5.56 Å². The molecule has 4 aromatic rings. The van der Waals surface area contributed by atoms with E-state index in [4.69, 9.17) is 16.3 Å². The van der Waals surface area contributed by atoms with Crippen LogP contribution in [0.5, 0.6) is 0 Å². The van der Waals surface area contributed by atoms with Gasteiger partial charge in [0.25, 0.3) is 0 Å². The minimum absolute atomic E-state index is 0.174. The average Bonchev–Trinajstić information content (AvgIpc) is 3.10. The third-order valence-corrected chi connectivity index (χ3v) is 4.96. The van der Waals surface area contributed by atoms with E-state index in [1.54, 1.807) is 41.8 Å². The number of carbonyl (C=O) groups excluding carboxylic acids is 2. The Morgan fingerprint density at radius 1 is 0.931 bits per heavy atom. The standard InChI is InChI=1S/C24H18ClNO3/c1-2-29-24(28)21-19-10-6-7-15-26(19)22(23(27)17-8-4-3-5-9-17)20(21)16-11-13-18(25)14-12-16/h3-15H,2H2,1H3. The molecule has 0 saturated heterocycles. The second-order valence-corrected chi connectivity index (χ2v) is 6.91. The number of halogens is 1. The lowest BCUT2D eigenvalue weighted by Crippen LogP contribution is -2.08. The summed E-state index contributed by atoms with van der Waals surface area (Å²) in [5, 5.41) is 0.575. The van der Waals surface area contributed by atoms with Crippen LogP contribution in [0.3, 0.4) is 0 Å². The van der Waals surface area contributed by atoms with E-state index in [1.807, 2.05) is 48.5 Å². The average molecular weight is 404 g/mol. The number of rotatable bonds is 5. The third-order valence-electron chi connectivity index (χ3n) is 4.71. The number of esters is 1. The first-order valence-corrected chi connectivity index (χ1v) is 9.65. The van der Waals surface area contributed by atoms with Gasteiger partial charge >= 0.3 is 5.97 Å². The SMILES string of the molecule is CCOC(=O)c1c(-c2ccc(Cl)cc2)c(C(=O)c2ccccc2)n2ccccc12. The number of aromatic nitrogens is 1. The zero-order valence-corrected chi connectivity index (χ0v) is 16.5. The first kappa shape index (κ1) is 19.0. The molecule has 0 bridgehead atoms. The minimum atomic E-state index is -0.465. The number of pyridine rings is 1. The molecule has 0 radical (unpaired) electrons. The highest BCUT2D eigenvalue weighted by atomic mass is 35.5. The summed E-state index contributed by atoms with van der Waals surface area (Å²) in [4.78, 5) is 26.4. The molecule has 0 aliphatic carbocycles. The monoisotopic (exact) mass is 403 g/mol. The van der Waals surface area contributed by atoms with Gasteiger partial charge in [-0.2, -0.15) is 0 Å². The summed E-state index contributed by atoms with van der Waals surface area (Å²) in [6.07, 6.45) is 1.79. The van der Waals surface area contributed by atoms with E-state index in [1.165, 1.54) is 0 Å². The van der Waals surface area contributed by atoms with Crippen LogP contribution < -0.4 is 0 Å². The topological polar surface area (TPSA) is 47.8 Å². The van der Waals surface area contributed by atoms with Gasteiger partial charge in [0.05, 0.1) is 17.7 Å². The number of ether oxygens (including phenoxy) is 1. The highest BCUT2D eigenvalue weighted by Gasteiger charge is 2.29. The largest absolute Gasteiger partial charge is 0.462 e. The van der Waals surface area contributed by atoms with Gasteiger partial charge in [0.2, 0.25) is 5.78 Å². The lowest BCUT2D eigenvalue weighted by atomic mass is 9.96. The number of benzene rings is 2. The second-order valence-electron chi connectivity index (χ2n) is 6.48. The molecule has 0 fully saturated rings. The molecule has 0 aliphatic rings. The molecule has 0 amide bonds. The van der Waals surface area contributed by atoms with Crippen molar-refractivity contribution in [3.63, 3.8) is 0 Å². The summed E-state index contributed by atoms with van der Waals surface area (Å²) in [7, 11) is 0. The molecule has 2 heterocycles. The van der Waals surface area contributed by atoms with Crippen LogP contribution in [0.25, 0.3) is 16.6 Å². The molecule has 4 nitrogen and oxygen atoms in total. The summed E-state index contributed by atoms with van der Waals surface area (Å²) in [6.45, 7) is 2.00. The third kappa shape index (κ3) is 3.43. The molecule has 5 heteroatoms. The van der Waals surface area contributed by atoms with Crippen molar-refractivity contribution in [3.8, 4) is 11.1 Å². The molecule has 144 valence electrons. The molecule has 0 unspecified atom stereocenters. The normalized spacial score (nSPS) is 10.8. The summed E-state index contributed by atoms with van der Waals surface area (Å²) in [6, 6.07) is 21.6. The predicted molar refractivity (Wildman–Crippen MR) is 114 cm³/mol. The van der Waals surface area contributed by atoms with Crippen molar-refractivity contribution in [3.05, 3.63) is 101 Å². The molecule has 0 aliphatic heterocycles. The van der Waals surface area contributed by atoms with Crippen LogP contribution in [0.1, 0.15) is 33.3 Å². The van der Waals surface area contributed by atoms with Crippen molar-refractivity contribution in [1.82, 2.24) is 4.40 Å². The van der Waals surface area contributed by atoms with Gasteiger partial charge in [-0.05, 0) is 36.8 Å². The lowest BCUT2D eigenvalue weighted by molar-refractivity contribution is 0.0529. The predicted octanol–water partition coefficient (Wildman–Crippen LogP) is 5.67. The van der Waals surface area contributed by atoms with Crippen molar-refractivity contribution < 1.29 is 14.3 Å². The van der Waals surface area contributed by atoms with Gasteiger partial charge in [-0.3, -0.25) is 4.79 Å². The molecule has 0 spiro atoms. The van der Waals surface area contributed by atoms with Gasteiger partial charge in [-0.25, -0.2) is 4.79 Å². The van der Waals surface area contributed by atoms with Gasteiger partial charge in [0.1, 0.15) is 5.69 Å². The van der Waals surface area contributed by atoms with Crippen LogP contribution >= 0.6 is 11.6 Å². The van der Waals surface area contributed by atoms with Crippen LogP contribution in [0.4, 0.5) is 0 Å². The van der Waals surface area contributed by atoms with Crippen molar-refractivity contribution in [2.24, 2.45) is 0 Å². The van der Waals surface area contributed by atoms with E-state index >= 15 is 0 Å². The molecule has 4 rings (SSSR count). The lowest BCUT2D eigenvalue weighted by Gasteiger charge is -2.08. The Hall–Kier alpha value is -3.37. The van der Waals surface area contributed by atoms with E-state index < -0.39 is 5.97 Å². The minimum Gasteiger partial charge on any atom is -0.462 e. The molecule has 0 atom stereocenters. The maximum absolute atomic E-state index is 13.5. The summed E-state index contributed by atoms with van der Waals surface area (Å²) >= 11 is 6.06. The van der Waals surface area contributed by atoms with Crippen molar-refractivity contribution in [1.29, 1.82) is 0 Å². The van der Waals surface area contributed by atoms with Crippen molar-refractivity contribution in [2.45, 2.75) is 6.92 Å². The van der Waals surface area contributed by atoms with E-state index in [9.17, 15) is 9.59 Å². The molecule has 2 aromatic carbocycles. The zero-order chi connectivity index (χ0) is 20.4. The van der Waals surface area contributed by atoms with Crippen LogP contribution in [-0.2, 0) is 4.74 Å². The van der Waals surface area contributed by atoms with Gasteiger partial charge in [-0.1, -0.05) is 60.1 Å². The molecule has 0 saturated carbocycles. The number of nitrogens with zero attached hydrogens (tertiary/aromatic N) is 1. The highest BCUT2D eigenvalue weighted by Crippen LogP contribution is 2.35. The summed E-state index contributed by atoms with van der Waals surface area (Å²) in [5.74, 6) is -0.638. The first-order chi connectivity index (χ1) is 14.1. The number of hydrogen-bond donors (Lipinski definition) is 0. The Kier molecular flexibility index (Phi) is 5.19. The number of hydrogen-bond acceptors (Lipinski definition) is 3. The zero-order valence-electron chi connectivity index (χ0n) is 15.8. The van der Waals surface area contributed by atoms with Crippen LogP contribution in [0.2, 0.25) is 5.02 Å². The molecule has 0 N–H and O–H groups in total. The fourth-order valence-electron chi connectivity index (χ4n) is 3.47. The van der Waals surface area contributed by atoms with Crippen molar-refractivity contribution in [2.75, 3.05) is 6.61 Å². The molecular weight excluding hydrogens is 386 g/mol. The summed E-state index contributed by atoms with van der Waals surface area (Å²) in [5.41, 5.74) is 3.21. The molecule has 2 aromatic heterocycles. The van der Waals surface area contributed by atoms with Crippen LogP contribution in [-0.4, -0.2) is 22.8 Å². The van der Waals surface area contributed by atoms with Gasteiger partial charge in [0.15, 0.2) is 0 Å². The second kappa shape index (κ2) is 7.94. The Morgan fingerprint density at radius 2 is 1.62 bits per heavy atom.